The van der Waals surface area contributed by atoms with E-state index in [1.54, 1.807) is 0 Å². The molecular weight excluding hydrogens is 182 g/mol. The minimum absolute atomic E-state index is 0.635. The number of aromatic amines is 1. The third-order valence-corrected chi connectivity index (χ3v) is 1.78. The Morgan fingerprint density at radius 2 is 2.31 bits per heavy atom. The van der Waals surface area contributed by atoms with Crippen LogP contribution in [0.3, 0.4) is 0 Å². The molecule has 0 aliphatic rings. The van der Waals surface area contributed by atoms with Crippen molar-refractivity contribution in [3.8, 4) is 5.40 Å². The molecule has 0 aromatic carbocycles. The van der Waals surface area contributed by atoms with Gasteiger partial charge in [-0.1, -0.05) is 18.7 Å². The molecule has 0 saturated carbocycles. The van der Waals surface area contributed by atoms with Crippen LogP contribution in [0.5, 0.6) is 0 Å². The summed E-state index contributed by atoms with van der Waals surface area (Å²) in [5, 5.41) is 8.47. The molecule has 0 radical (unpaired) electrons. The Bertz CT molecular complexity index is 238. The lowest BCUT2D eigenvalue weighted by atomic mass is 10.2. The average molecular weight is 197 g/mol. The first-order valence-electron chi connectivity index (χ1n) is 4.31. The largest absolute Gasteiger partial charge is 0.696 e. The van der Waals surface area contributed by atoms with Crippen molar-refractivity contribution in [1.82, 2.24) is 4.98 Å². The Morgan fingerprint density at radius 3 is 2.69 bits per heavy atom. The maximum absolute atomic E-state index is 7.13. The summed E-state index contributed by atoms with van der Waals surface area (Å²) in [4.78, 5) is 3.03. The number of hydrogen-bond donors (Lipinski definition) is 1. The molecule has 1 rings (SSSR count). The van der Waals surface area contributed by atoms with Crippen molar-refractivity contribution >= 4 is 12.6 Å². The van der Waals surface area contributed by atoms with Gasteiger partial charge in [-0.3, -0.25) is 4.98 Å². The van der Waals surface area contributed by atoms with Gasteiger partial charge in [0.2, 0.25) is 6.33 Å². The third kappa shape index (κ3) is 5.21. The first-order valence-corrected chi connectivity index (χ1v) is 4.71. The highest BCUT2D eigenvalue weighted by Crippen LogP contribution is 2.02. The SMILES string of the molecule is CCCC(C)[n+]1cc[nH]c1.N#C[S-]. The fraction of sp³-hybridized carbons (Fsp3) is 0.556. The molecule has 0 saturated heterocycles. The van der Waals surface area contributed by atoms with Gasteiger partial charge in [-0.2, -0.15) is 0 Å². The minimum Gasteiger partial charge on any atom is -0.696 e. The van der Waals surface area contributed by atoms with Crippen LogP contribution in [-0.4, -0.2) is 4.98 Å². The van der Waals surface area contributed by atoms with Crippen molar-refractivity contribution in [3.05, 3.63) is 18.7 Å². The number of hydrogen-bond acceptors (Lipinski definition) is 2. The van der Waals surface area contributed by atoms with Crippen LogP contribution in [0, 0.1) is 10.7 Å². The number of nitriles is 1. The lowest BCUT2D eigenvalue weighted by Crippen LogP contribution is -2.34. The number of aromatic nitrogens is 2. The predicted octanol–water partition coefficient (Wildman–Crippen LogP) is 1.68. The lowest BCUT2D eigenvalue weighted by Gasteiger charge is -2.03. The zero-order valence-electron chi connectivity index (χ0n) is 8.03. The summed E-state index contributed by atoms with van der Waals surface area (Å²) in [6, 6.07) is 0.635. The molecule has 0 aliphatic heterocycles. The molecule has 0 fully saturated rings. The number of H-pyrrole nitrogens is 1. The number of rotatable bonds is 3. The Labute approximate surface area is 84.8 Å². The van der Waals surface area contributed by atoms with Crippen molar-refractivity contribution in [2.75, 3.05) is 0 Å². The van der Waals surface area contributed by atoms with Gasteiger partial charge < -0.3 is 12.6 Å². The summed E-state index contributed by atoms with van der Waals surface area (Å²) in [6.45, 7) is 4.45. The van der Waals surface area contributed by atoms with Gasteiger partial charge in [-0.25, -0.2) is 9.83 Å². The van der Waals surface area contributed by atoms with Crippen LogP contribution >= 0.6 is 0 Å². The fourth-order valence-electron chi connectivity index (χ4n) is 1.14. The molecule has 1 heterocycles. The maximum Gasteiger partial charge on any atom is 0.241 e. The molecule has 1 unspecified atom stereocenters. The molecule has 0 aliphatic carbocycles. The molecule has 1 aromatic heterocycles. The molecule has 3 nitrogen and oxygen atoms in total. The van der Waals surface area contributed by atoms with Crippen LogP contribution in [0.15, 0.2) is 18.7 Å². The second kappa shape index (κ2) is 7.56. The Kier molecular flexibility index (Phi) is 6.93. The number of thiocyanates is 1. The topological polar surface area (TPSA) is 43.5 Å². The Balaban J connectivity index is 0.000000424. The number of imidazole rings is 1. The zero-order valence-corrected chi connectivity index (χ0v) is 8.84. The molecule has 0 spiro atoms. The zero-order chi connectivity index (χ0) is 10.1. The molecule has 0 amide bonds. The van der Waals surface area contributed by atoms with Gasteiger partial charge in [0.1, 0.15) is 12.4 Å². The van der Waals surface area contributed by atoms with Crippen LogP contribution in [0.1, 0.15) is 32.7 Å². The third-order valence-electron chi connectivity index (χ3n) is 1.78. The molecule has 72 valence electrons. The quantitative estimate of drug-likeness (QED) is 0.455. The first-order chi connectivity index (χ1) is 6.26. The van der Waals surface area contributed by atoms with Crippen LogP contribution in [0.25, 0.3) is 0 Å². The molecule has 0 bridgehead atoms. The molecule has 1 atom stereocenters. The molecule has 1 aromatic rings. The van der Waals surface area contributed by atoms with Crippen molar-refractivity contribution in [2.45, 2.75) is 32.7 Å². The number of nitrogens with one attached hydrogen (secondary N) is 1. The Hall–Kier alpha value is -1.08. The van der Waals surface area contributed by atoms with E-state index in [0.29, 0.717) is 6.04 Å². The maximum atomic E-state index is 7.13. The van der Waals surface area contributed by atoms with Gasteiger partial charge in [0.25, 0.3) is 0 Å². The van der Waals surface area contributed by atoms with E-state index < -0.39 is 0 Å². The highest BCUT2D eigenvalue weighted by atomic mass is 32.1. The molecule has 4 heteroatoms. The summed E-state index contributed by atoms with van der Waals surface area (Å²) >= 11 is 3.70. The van der Waals surface area contributed by atoms with E-state index in [9.17, 15) is 0 Å². The molecule has 13 heavy (non-hydrogen) atoms. The van der Waals surface area contributed by atoms with E-state index in [1.807, 2.05) is 12.5 Å². The van der Waals surface area contributed by atoms with Crippen LogP contribution < -0.4 is 4.57 Å². The highest BCUT2D eigenvalue weighted by Gasteiger charge is 2.05. The lowest BCUT2D eigenvalue weighted by molar-refractivity contribution is -0.719. The molecule has 1 N–H and O–H groups in total. The van der Waals surface area contributed by atoms with Gasteiger partial charge in [0, 0.05) is 0 Å². The van der Waals surface area contributed by atoms with Crippen LogP contribution in [-0.2, 0) is 12.6 Å². The van der Waals surface area contributed by atoms with E-state index in [1.165, 1.54) is 18.2 Å². The summed E-state index contributed by atoms with van der Waals surface area (Å²) in [5.74, 6) is 0. The summed E-state index contributed by atoms with van der Waals surface area (Å²) in [7, 11) is 0. The monoisotopic (exact) mass is 197 g/mol. The second-order valence-electron chi connectivity index (χ2n) is 2.79. The van der Waals surface area contributed by atoms with E-state index in [4.69, 9.17) is 5.26 Å². The minimum atomic E-state index is 0.635. The van der Waals surface area contributed by atoms with E-state index in [-0.39, 0.29) is 0 Å². The van der Waals surface area contributed by atoms with Gasteiger partial charge in [0.05, 0.1) is 6.04 Å². The fourth-order valence-corrected chi connectivity index (χ4v) is 1.14. The van der Waals surface area contributed by atoms with Crippen LogP contribution in [0.4, 0.5) is 0 Å². The Morgan fingerprint density at radius 1 is 1.69 bits per heavy atom. The standard InChI is InChI=1S/C8H14N2.CHNS/c1-3-4-8(2)10-6-5-9-7-10;2-1-3/h5-8H,3-4H2,1-2H3;3H. The smallest absolute Gasteiger partial charge is 0.241 e. The van der Waals surface area contributed by atoms with Gasteiger partial charge in [-0.05, 0) is 13.3 Å². The van der Waals surface area contributed by atoms with Gasteiger partial charge >= 0.3 is 0 Å². The average Bonchev–Trinajstić information content (AvgIpc) is 2.58. The van der Waals surface area contributed by atoms with Crippen molar-refractivity contribution in [1.29, 1.82) is 5.26 Å². The predicted molar refractivity (Wildman–Crippen MR) is 53.6 cm³/mol. The van der Waals surface area contributed by atoms with Crippen molar-refractivity contribution in [2.24, 2.45) is 0 Å². The van der Waals surface area contributed by atoms with E-state index in [0.717, 1.165) is 0 Å². The normalized spacial score (nSPS) is 10.8. The first kappa shape index (κ1) is 11.9. The summed E-state index contributed by atoms with van der Waals surface area (Å²) < 4.78 is 2.20. The second-order valence-corrected chi connectivity index (χ2v) is 2.97. The summed E-state index contributed by atoms with van der Waals surface area (Å²) in [5.41, 5.74) is 0. The highest BCUT2D eigenvalue weighted by molar-refractivity contribution is 7.64. The van der Waals surface area contributed by atoms with Crippen LogP contribution in [0.2, 0.25) is 0 Å². The number of nitrogens with zero attached hydrogens (tertiary/aromatic N) is 2. The van der Waals surface area contributed by atoms with Gasteiger partial charge in [0.15, 0.2) is 0 Å². The van der Waals surface area contributed by atoms with E-state index in [2.05, 4.69) is 42.2 Å². The van der Waals surface area contributed by atoms with Crippen molar-refractivity contribution < 1.29 is 4.57 Å². The van der Waals surface area contributed by atoms with Crippen molar-refractivity contribution in [3.63, 3.8) is 0 Å². The van der Waals surface area contributed by atoms with Gasteiger partial charge in [-0.15, -0.1) is 0 Å². The van der Waals surface area contributed by atoms with E-state index >= 15 is 0 Å². The molecular formula is C9H15N3S. The summed E-state index contributed by atoms with van der Waals surface area (Å²) in [6.07, 6.45) is 8.52.